The van der Waals surface area contributed by atoms with E-state index in [4.69, 9.17) is 0 Å². The van der Waals surface area contributed by atoms with Crippen LogP contribution in [0.3, 0.4) is 0 Å². The highest BCUT2D eigenvalue weighted by molar-refractivity contribution is 5.93. The number of benzene rings is 1. The Labute approximate surface area is 163 Å². The number of carbonyl (C=O) groups is 1. The molecule has 10 nitrogen and oxygen atoms in total. The number of non-ortho nitro benzene ring substituents is 1. The van der Waals surface area contributed by atoms with Crippen LogP contribution in [0.1, 0.15) is 22.6 Å². The third-order valence-electron chi connectivity index (χ3n) is 4.93. The van der Waals surface area contributed by atoms with Gasteiger partial charge in [-0.05, 0) is 33.0 Å². The zero-order chi connectivity index (χ0) is 20.1. The van der Waals surface area contributed by atoms with Gasteiger partial charge in [-0.3, -0.25) is 14.9 Å². The number of hydrogen-bond acceptors (Lipinski definition) is 7. The summed E-state index contributed by atoms with van der Waals surface area (Å²) in [7, 11) is 2.13. The van der Waals surface area contributed by atoms with Crippen LogP contribution in [0.5, 0.6) is 0 Å². The van der Waals surface area contributed by atoms with Crippen LogP contribution in [0, 0.1) is 17.0 Å². The summed E-state index contributed by atoms with van der Waals surface area (Å²) >= 11 is 0. The van der Waals surface area contributed by atoms with Gasteiger partial charge in [-0.25, -0.2) is 4.68 Å². The van der Waals surface area contributed by atoms with Crippen LogP contribution in [0.25, 0.3) is 5.69 Å². The zero-order valence-corrected chi connectivity index (χ0v) is 16.2. The Hall–Kier alpha value is -2.85. The van der Waals surface area contributed by atoms with Crippen molar-refractivity contribution in [2.24, 2.45) is 0 Å². The molecule has 1 fully saturated rings. The zero-order valence-electron chi connectivity index (χ0n) is 16.2. The second-order valence-corrected chi connectivity index (χ2v) is 6.97. The van der Waals surface area contributed by atoms with Crippen LogP contribution in [-0.4, -0.2) is 81.9 Å². The van der Waals surface area contributed by atoms with Gasteiger partial charge in [0.1, 0.15) is 0 Å². The van der Waals surface area contributed by atoms with E-state index in [-0.39, 0.29) is 17.3 Å². The van der Waals surface area contributed by atoms with Crippen molar-refractivity contribution in [1.29, 1.82) is 0 Å². The van der Waals surface area contributed by atoms with Crippen molar-refractivity contribution < 1.29 is 9.72 Å². The van der Waals surface area contributed by atoms with E-state index >= 15 is 0 Å². The van der Waals surface area contributed by atoms with Crippen LogP contribution < -0.4 is 5.32 Å². The summed E-state index contributed by atoms with van der Waals surface area (Å²) in [6.45, 7) is 7.50. The maximum atomic E-state index is 12.4. The quantitative estimate of drug-likeness (QED) is 0.426. The third-order valence-corrected chi connectivity index (χ3v) is 4.93. The molecule has 2 aromatic rings. The lowest BCUT2D eigenvalue weighted by molar-refractivity contribution is -0.384. The van der Waals surface area contributed by atoms with Crippen molar-refractivity contribution in [3.63, 3.8) is 0 Å². The Morgan fingerprint density at radius 1 is 1.29 bits per heavy atom. The highest BCUT2D eigenvalue weighted by atomic mass is 16.6. The number of aromatic nitrogens is 3. The van der Waals surface area contributed by atoms with Gasteiger partial charge in [-0.1, -0.05) is 11.3 Å². The third kappa shape index (κ3) is 4.70. The number of nitro groups is 1. The Kier molecular flexibility index (Phi) is 6.32. The maximum Gasteiger partial charge on any atom is 0.273 e. The first-order valence-corrected chi connectivity index (χ1v) is 9.32. The van der Waals surface area contributed by atoms with Crippen LogP contribution in [-0.2, 0) is 0 Å². The Bertz CT molecular complexity index is 843. The van der Waals surface area contributed by atoms with Crippen LogP contribution in [0.15, 0.2) is 24.3 Å². The van der Waals surface area contributed by atoms with E-state index in [2.05, 4.69) is 32.5 Å². The molecule has 1 aromatic carbocycles. The van der Waals surface area contributed by atoms with E-state index in [1.165, 1.54) is 16.8 Å². The number of nitrogens with zero attached hydrogens (tertiary/aromatic N) is 6. The summed E-state index contributed by atoms with van der Waals surface area (Å²) in [6, 6.07) is 6.07. The molecule has 10 heteroatoms. The highest BCUT2D eigenvalue weighted by Crippen LogP contribution is 2.18. The molecule has 0 bridgehead atoms. The van der Waals surface area contributed by atoms with Crippen molar-refractivity contribution in [3.05, 3.63) is 45.8 Å². The van der Waals surface area contributed by atoms with E-state index < -0.39 is 4.92 Å². The summed E-state index contributed by atoms with van der Waals surface area (Å²) in [6.07, 6.45) is 0.869. The molecule has 0 atom stereocenters. The monoisotopic (exact) mass is 387 g/mol. The molecule has 1 aliphatic rings. The predicted molar refractivity (Wildman–Crippen MR) is 104 cm³/mol. The number of amides is 1. The second kappa shape index (κ2) is 8.89. The first-order chi connectivity index (χ1) is 13.5. The summed E-state index contributed by atoms with van der Waals surface area (Å²) in [5, 5.41) is 21.8. The van der Waals surface area contributed by atoms with Gasteiger partial charge in [0.15, 0.2) is 5.69 Å². The van der Waals surface area contributed by atoms with Gasteiger partial charge in [-0.2, -0.15) is 0 Å². The lowest BCUT2D eigenvalue weighted by Gasteiger charge is -2.32. The normalized spacial score (nSPS) is 15.5. The molecule has 0 aliphatic carbocycles. The minimum absolute atomic E-state index is 0.0395. The summed E-state index contributed by atoms with van der Waals surface area (Å²) in [5.74, 6) is -0.285. The molecule has 3 rings (SSSR count). The minimum Gasteiger partial charge on any atom is -0.351 e. The lowest BCUT2D eigenvalue weighted by Crippen LogP contribution is -2.45. The number of piperazine rings is 1. The fourth-order valence-electron chi connectivity index (χ4n) is 3.18. The van der Waals surface area contributed by atoms with Crippen molar-refractivity contribution >= 4 is 11.6 Å². The summed E-state index contributed by atoms with van der Waals surface area (Å²) < 4.78 is 1.44. The standard InChI is InChI=1S/C18H25N7O3/c1-14-17(18(26)19-7-4-8-23-11-9-22(2)10-12-23)20-21-24(14)15-5-3-6-16(13-15)25(27)28/h3,5-6,13H,4,7-12H2,1-2H3,(H,19,26). The van der Waals surface area contributed by atoms with E-state index in [0.717, 1.165) is 39.1 Å². The molecule has 1 saturated heterocycles. The average Bonchev–Trinajstić information content (AvgIpc) is 3.08. The Morgan fingerprint density at radius 2 is 2.04 bits per heavy atom. The van der Waals surface area contributed by atoms with Crippen molar-refractivity contribution in [1.82, 2.24) is 30.1 Å². The highest BCUT2D eigenvalue weighted by Gasteiger charge is 2.18. The molecule has 0 spiro atoms. The summed E-state index contributed by atoms with van der Waals surface area (Å²) in [4.78, 5) is 27.6. The first kappa shape index (κ1) is 19.9. The smallest absolute Gasteiger partial charge is 0.273 e. The van der Waals surface area contributed by atoms with Crippen molar-refractivity contribution in [3.8, 4) is 5.69 Å². The van der Waals surface area contributed by atoms with Gasteiger partial charge in [0, 0.05) is 44.9 Å². The number of likely N-dealkylation sites (N-methyl/N-ethyl adjacent to an activating group) is 1. The fraction of sp³-hybridized carbons (Fsp3) is 0.500. The molecule has 1 N–H and O–H groups in total. The lowest BCUT2D eigenvalue weighted by atomic mass is 10.2. The van der Waals surface area contributed by atoms with E-state index in [1.807, 2.05) is 0 Å². The largest absolute Gasteiger partial charge is 0.351 e. The number of carbonyl (C=O) groups excluding carboxylic acids is 1. The SMILES string of the molecule is Cc1c(C(=O)NCCCN2CCN(C)CC2)nnn1-c1cccc([N+](=O)[O-])c1. The topological polar surface area (TPSA) is 109 Å². The Morgan fingerprint density at radius 3 is 2.75 bits per heavy atom. The molecule has 0 saturated carbocycles. The number of nitrogens with one attached hydrogen (secondary N) is 1. The Balaban J connectivity index is 1.55. The second-order valence-electron chi connectivity index (χ2n) is 6.97. The molecular weight excluding hydrogens is 362 g/mol. The molecular formula is C18H25N7O3. The van der Waals surface area contributed by atoms with Gasteiger partial charge < -0.3 is 15.1 Å². The molecule has 1 aromatic heterocycles. The molecule has 1 amide bonds. The molecule has 0 radical (unpaired) electrons. The fourth-order valence-corrected chi connectivity index (χ4v) is 3.18. The molecule has 2 heterocycles. The number of hydrogen-bond donors (Lipinski definition) is 1. The average molecular weight is 387 g/mol. The van der Waals surface area contributed by atoms with Gasteiger partial charge in [0.05, 0.1) is 16.3 Å². The number of rotatable bonds is 7. The molecule has 1 aliphatic heterocycles. The molecule has 0 unspecified atom stereocenters. The van der Waals surface area contributed by atoms with E-state index in [0.29, 0.717) is 17.9 Å². The first-order valence-electron chi connectivity index (χ1n) is 9.32. The number of nitro benzene ring substituents is 1. The van der Waals surface area contributed by atoms with E-state index in [9.17, 15) is 14.9 Å². The van der Waals surface area contributed by atoms with Crippen molar-refractivity contribution in [2.45, 2.75) is 13.3 Å². The van der Waals surface area contributed by atoms with Crippen LogP contribution in [0.4, 0.5) is 5.69 Å². The van der Waals surface area contributed by atoms with Gasteiger partial charge in [0.2, 0.25) is 0 Å². The van der Waals surface area contributed by atoms with Crippen molar-refractivity contribution in [2.75, 3.05) is 46.3 Å². The molecule has 28 heavy (non-hydrogen) atoms. The summed E-state index contributed by atoms with van der Waals surface area (Å²) in [5.41, 5.74) is 1.22. The van der Waals surface area contributed by atoms with Gasteiger partial charge in [0.25, 0.3) is 11.6 Å². The van der Waals surface area contributed by atoms with Crippen LogP contribution in [0.2, 0.25) is 0 Å². The maximum absolute atomic E-state index is 12.4. The van der Waals surface area contributed by atoms with Gasteiger partial charge >= 0.3 is 0 Å². The minimum atomic E-state index is -0.468. The predicted octanol–water partition coefficient (Wildman–Crippen LogP) is 0.851. The molecule has 150 valence electrons. The van der Waals surface area contributed by atoms with Gasteiger partial charge in [-0.15, -0.1) is 5.10 Å². The van der Waals surface area contributed by atoms with E-state index in [1.54, 1.807) is 19.1 Å². The van der Waals surface area contributed by atoms with Crippen LogP contribution >= 0.6 is 0 Å².